The molecule has 0 atom stereocenters. The van der Waals surface area contributed by atoms with Gasteiger partial charge in [-0.15, -0.1) is 0 Å². The Labute approximate surface area is 175 Å². The van der Waals surface area contributed by atoms with Crippen molar-refractivity contribution in [2.24, 2.45) is 0 Å². The molecule has 0 radical (unpaired) electrons. The Balaban J connectivity index is 1.53. The number of hydrogen-bond donors (Lipinski definition) is 1. The second kappa shape index (κ2) is 7.10. The number of methoxy groups -OCH3 is 1. The zero-order valence-electron chi connectivity index (χ0n) is 15.8. The topological polar surface area (TPSA) is 86.3 Å². The van der Waals surface area contributed by atoms with Gasteiger partial charge in [-0.05, 0) is 25.0 Å². The fourth-order valence-corrected chi connectivity index (χ4v) is 3.42. The number of nitrogens with one attached hydrogen (secondary N) is 1. The van der Waals surface area contributed by atoms with E-state index in [1.165, 1.54) is 13.2 Å². The van der Waals surface area contributed by atoms with Gasteiger partial charge in [0.15, 0.2) is 11.5 Å². The molecule has 1 amide bonds. The van der Waals surface area contributed by atoms with Gasteiger partial charge in [0, 0.05) is 23.4 Å². The van der Waals surface area contributed by atoms with E-state index in [1.807, 2.05) is 0 Å². The van der Waals surface area contributed by atoms with Gasteiger partial charge < -0.3 is 10.1 Å². The van der Waals surface area contributed by atoms with Gasteiger partial charge in [-0.3, -0.25) is 9.20 Å². The van der Waals surface area contributed by atoms with E-state index in [0.29, 0.717) is 28.5 Å². The summed E-state index contributed by atoms with van der Waals surface area (Å²) in [7, 11) is 1.53. The summed E-state index contributed by atoms with van der Waals surface area (Å²) in [5.74, 6) is -0.0127. The first-order chi connectivity index (χ1) is 14.5. The zero-order valence-corrected chi connectivity index (χ0v) is 16.6. The molecule has 1 fully saturated rings. The minimum absolute atomic E-state index is 0.0420. The highest BCUT2D eigenvalue weighted by molar-refractivity contribution is 6.33. The normalized spacial score (nSPS) is 13.6. The van der Waals surface area contributed by atoms with Crippen LogP contribution in [0.25, 0.3) is 22.6 Å². The van der Waals surface area contributed by atoms with Gasteiger partial charge >= 0.3 is 0 Å². The van der Waals surface area contributed by atoms with Crippen molar-refractivity contribution in [3.8, 4) is 22.8 Å². The minimum Gasteiger partial charge on any atom is -0.480 e. The first-order valence-corrected chi connectivity index (χ1v) is 9.63. The molecule has 5 rings (SSSR count). The highest BCUT2D eigenvalue weighted by Crippen LogP contribution is 2.31. The maximum atomic E-state index is 14.3. The van der Waals surface area contributed by atoms with Crippen molar-refractivity contribution in [2.45, 2.75) is 18.9 Å². The van der Waals surface area contributed by atoms with E-state index in [4.69, 9.17) is 16.3 Å². The minimum atomic E-state index is -0.657. The van der Waals surface area contributed by atoms with Crippen LogP contribution in [0.2, 0.25) is 5.02 Å². The van der Waals surface area contributed by atoms with Gasteiger partial charge in [0.05, 0.1) is 42.5 Å². The highest BCUT2D eigenvalue weighted by Gasteiger charge is 2.26. The van der Waals surface area contributed by atoms with Gasteiger partial charge in [-0.25, -0.2) is 19.0 Å². The number of ether oxygens (including phenoxy) is 1. The fraction of sp³-hybridized carbons (Fsp3) is 0.200. The summed E-state index contributed by atoms with van der Waals surface area (Å²) in [6.07, 6.45) is 10.1. The lowest BCUT2D eigenvalue weighted by Gasteiger charge is -2.08. The third-order valence-electron chi connectivity index (χ3n) is 4.90. The van der Waals surface area contributed by atoms with E-state index < -0.39 is 11.7 Å². The predicted octanol–water partition coefficient (Wildman–Crippen LogP) is 3.28. The quantitative estimate of drug-likeness (QED) is 0.529. The molecule has 0 aliphatic heterocycles. The second-order valence-corrected chi connectivity index (χ2v) is 7.41. The Hall–Kier alpha value is -3.46. The van der Waals surface area contributed by atoms with E-state index in [2.05, 4.69) is 20.4 Å². The van der Waals surface area contributed by atoms with Gasteiger partial charge in [0.1, 0.15) is 5.82 Å². The molecule has 152 valence electrons. The van der Waals surface area contributed by atoms with Crippen LogP contribution in [0.3, 0.4) is 0 Å². The molecule has 0 spiro atoms. The lowest BCUT2D eigenvalue weighted by Crippen LogP contribution is -2.26. The molecule has 30 heavy (non-hydrogen) atoms. The predicted molar refractivity (Wildman–Crippen MR) is 108 cm³/mol. The molecule has 3 heterocycles. The van der Waals surface area contributed by atoms with E-state index >= 15 is 0 Å². The molecule has 1 N–H and O–H groups in total. The maximum absolute atomic E-state index is 14.3. The van der Waals surface area contributed by atoms with Crippen molar-refractivity contribution in [2.75, 3.05) is 7.11 Å². The number of halogens is 2. The molecule has 1 aliphatic carbocycles. The van der Waals surface area contributed by atoms with Crippen molar-refractivity contribution in [3.05, 3.63) is 59.5 Å². The smallest absolute Gasteiger partial charge is 0.254 e. The lowest BCUT2D eigenvalue weighted by atomic mass is 10.0. The average Bonchev–Trinajstić information content (AvgIpc) is 3.25. The third-order valence-corrected chi connectivity index (χ3v) is 5.22. The largest absolute Gasteiger partial charge is 0.480 e. The molecular weight excluding hydrogens is 411 g/mol. The number of aromatic nitrogens is 5. The van der Waals surface area contributed by atoms with E-state index in [1.54, 1.807) is 40.1 Å². The second-order valence-electron chi connectivity index (χ2n) is 7.01. The van der Waals surface area contributed by atoms with Crippen LogP contribution in [0.4, 0.5) is 4.39 Å². The van der Waals surface area contributed by atoms with Crippen molar-refractivity contribution >= 4 is 23.2 Å². The first kappa shape index (κ1) is 18.6. The lowest BCUT2D eigenvalue weighted by molar-refractivity contribution is 0.0947. The number of fused-ring (bicyclic) bond motifs is 1. The SMILES string of the molecule is COc1cn2c(-n3cc(-c4cc(C(=O)NC5CC5)c(F)cc4Cl)cn3)cnc2cn1. The molecule has 4 aromatic rings. The van der Waals surface area contributed by atoms with Crippen LogP contribution in [0.15, 0.2) is 43.1 Å². The highest BCUT2D eigenvalue weighted by atomic mass is 35.5. The molecule has 8 nitrogen and oxygen atoms in total. The number of imidazole rings is 1. The number of nitrogens with zero attached hydrogens (tertiary/aromatic N) is 5. The van der Waals surface area contributed by atoms with Gasteiger partial charge in [0.25, 0.3) is 5.91 Å². The Morgan fingerprint density at radius 2 is 2.07 bits per heavy atom. The van der Waals surface area contributed by atoms with Gasteiger partial charge in [-0.2, -0.15) is 5.10 Å². The monoisotopic (exact) mass is 426 g/mol. The first-order valence-electron chi connectivity index (χ1n) is 9.26. The summed E-state index contributed by atoms with van der Waals surface area (Å²) in [5.41, 5.74) is 1.73. The van der Waals surface area contributed by atoms with Crippen molar-refractivity contribution in [3.63, 3.8) is 0 Å². The number of carbonyl (C=O) groups is 1. The maximum Gasteiger partial charge on any atom is 0.254 e. The van der Waals surface area contributed by atoms with Crippen LogP contribution in [-0.4, -0.2) is 43.2 Å². The molecule has 0 bridgehead atoms. The van der Waals surface area contributed by atoms with Crippen molar-refractivity contribution in [1.29, 1.82) is 0 Å². The summed E-state index contributed by atoms with van der Waals surface area (Å²) in [6, 6.07) is 2.74. The number of hydrogen-bond acceptors (Lipinski definition) is 5. The summed E-state index contributed by atoms with van der Waals surface area (Å²) in [4.78, 5) is 20.8. The molecule has 3 aromatic heterocycles. The summed E-state index contributed by atoms with van der Waals surface area (Å²) >= 11 is 6.28. The summed E-state index contributed by atoms with van der Waals surface area (Å²) in [5, 5.41) is 7.37. The van der Waals surface area contributed by atoms with Crippen LogP contribution in [0.1, 0.15) is 23.2 Å². The third kappa shape index (κ3) is 3.26. The van der Waals surface area contributed by atoms with E-state index in [-0.39, 0.29) is 16.6 Å². The number of rotatable bonds is 5. The Morgan fingerprint density at radius 1 is 1.23 bits per heavy atom. The molecular formula is C20H16ClFN6O2. The Kier molecular flexibility index (Phi) is 4.39. The van der Waals surface area contributed by atoms with Gasteiger partial charge in [-0.1, -0.05) is 11.6 Å². The molecule has 1 aromatic carbocycles. The van der Waals surface area contributed by atoms with Crippen LogP contribution in [0.5, 0.6) is 5.88 Å². The molecule has 0 unspecified atom stereocenters. The molecule has 0 saturated heterocycles. The van der Waals surface area contributed by atoms with Crippen molar-refractivity contribution < 1.29 is 13.9 Å². The average molecular weight is 427 g/mol. The molecule has 10 heteroatoms. The van der Waals surface area contributed by atoms with Crippen LogP contribution in [0, 0.1) is 5.82 Å². The van der Waals surface area contributed by atoms with E-state index in [9.17, 15) is 9.18 Å². The van der Waals surface area contributed by atoms with Crippen molar-refractivity contribution in [1.82, 2.24) is 29.5 Å². The standard InChI is InChI=1S/C20H16ClFN6O2/c1-30-18-10-27-17(7-24-18)23-8-19(27)28-9-11(6-25-28)13-4-14(16(22)5-15(13)21)20(29)26-12-2-3-12/h4-10,12H,2-3H2,1H3,(H,26,29). The zero-order chi connectivity index (χ0) is 20.8. The molecule has 1 saturated carbocycles. The molecule has 1 aliphatic rings. The Morgan fingerprint density at radius 3 is 2.83 bits per heavy atom. The number of carbonyl (C=O) groups excluding carboxylic acids is 1. The fourth-order valence-electron chi connectivity index (χ4n) is 3.16. The van der Waals surface area contributed by atoms with E-state index in [0.717, 1.165) is 18.9 Å². The van der Waals surface area contributed by atoms with Gasteiger partial charge in [0.2, 0.25) is 5.88 Å². The number of benzene rings is 1. The summed E-state index contributed by atoms with van der Waals surface area (Å²) in [6.45, 7) is 0. The Bertz CT molecular complexity index is 1280. The summed E-state index contributed by atoms with van der Waals surface area (Å²) < 4.78 is 22.9. The van der Waals surface area contributed by atoms with Crippen LogP contribution < -0.4 is 10.1 Å². The van der Waals surface area contributed by atoms with Crippen LogP contribution >= 0.6 is 11.6 Å². The van der Waals surface area contributed by atoms with Crippen LogP contribution in [-0.2, 0) is 0 Å². The number of amides is 1.